The second-order valence-corrected chi connectivity index (χ2v) is 10.7. The van der Waals surface area contributed by atoms with E-state index in [2.05, 4.69) is 50.9 Å². The Morgan fingerprint density at radius 3 is 2.60 bits per heavy atom. The molecule has 8 heteroatoms. The van der Waals surface area contributed by atoms with Crippen molar-refractivity contribution in [3.63, 3.8) is 0 Å². The number of benzene rings is 3. The highest BCUT2D eigenvalue weighted by molar-refractivity contribution is 5.91. The molecule has 5 rings (SSSR count). The molecule has 0 aliphatic carbocycles. The number of carbonyl (C=O) groups excluding carboxylic acids is 2. The van der Waals surface area contributed by atoms with E-state index in [0.29, 0.717) is 19.4 Å². The molecule has 2 amide bonds. The maximum atomic E-state index is 13.5. The first-order valence-corrected chi connectivity index (χ1v) is 14.7. The number of methoxy groups -OCH3 is 1. The summed E-state index contributed by atoms with van der Waals surface area (Å²) in [6.45, 7) is 4.56. The maximum absolute atomic E-state index is 13.5. The third-order valence-corrected chi connectivity index (χ3v) is 7.76. The molecule has 0 aliphatic rings. The molecule has 4 N–H and O–H groups in total. The van der Waals surface area contributed by atoms with Gasteiger partial charge in [0.1, 0.15) is 11.6 Å². The van der Waals surface area contributed by atoms with Crippen LogP contribution in [0.1, 0.15) is 62.2 Å². The molecule has 0 radical (unpaired) electrons. The predicted molar refractivity (Wildman–Crippen MR) is 167 cm³/mol. The van der Waals surface area contributed by atoms with Crippen LogP contribution in [0.2, 0.25) is 0 Å². The van der Waals surface area contributed by atoms with Crippen molar-refractivity contribution in [3.05, 3.63) is 83.9 Å². The molecule has 0 fully saturated rings. The standard InChI is InChI=1S/C34H39N5O3/c1-4-35-32(40)13-7-5-6-12-30(34-36-21-31(39-34)25-15-14-23-10-8-9-11-24(23)18-25)38-33(41)20-27-22(2)37-29-17-16-26(42-3)19-28(27)29/h8-11,14-19,21,30,37H,4-7,12-13,20H2,1-3H3,(H,35,40)(H,36,39)(H,38,41)/t30-/m0/s1. The van der Waals surface area contributed by atoms with E-state index in [0.717, 1.165) is 69.6 Å². The predicted octanol–water partition coefficient (Wildman–Crippen LogP) is 6.51. The number of aryl methyl sites for hydroxylation is 1. The van der Waals surface area contributed by atoms with Crippen molar-refractivity contribution in [2.45, 2.75) is 58.4 Å². The smallest absolute Gasteiger partial charge is 0.225 e. The van der Waals surface area contributed by atoms with E-state index in [1.165, 1.54) is 5.39 Å². The Labute approximate surface area is 246 Å². The number of aromatic nitrogens is 3. The molecule has 42 heavy (non-hydrogen) atoms. The van der Waals surface area contributed by atoms with Crippen molar-refractivity contribution in [2.75, 3.05) is 13.7 Å². The van der Waals surface area contributed by atoms with Gasteiger partial charge in [-0.05, 0) is 67.3 Å². The van der Waals surface area contributed by atoms with Crippen LogP contribution in [0, 0.1) is 6.92 Å². The van der Waals surface area contributed by atoms with Gasteiger partial charge in [-0.1, -0.05) is 49.2 Å². The van der Waals surface area contributed by atoms with E-state index in [9.17, 15) is 9.59 Å². The molecule has 0 aliphatic heterocycles. The van der Waals surface area contributed by atoms with Crippen molar-refractivity contribution < 1.29 is 14.3 Å². The van der Waals surface area contributed by atoms with E-state index < -0.39 is 0 Å². The second kappa shape index (κ2) is 13.4. The lowest BCUT2D eigenvalue weighted by Gasteiger charge is -2.17. The van der Waals surface area contributed by atoms with Crippen molar-refractivity contribution in [1.29, 1.82) is 0 Å². The minimum atomic E-state index is -0.281. The summed E-state index contributed by atoms with van der Waals surface area (Å²) >= 11 is 0. The molecule has 1 atom stereocenters. The lowest BCUT2D eigenvalue weighted by atomic mass is 10.0. The number of unbranched alkanes of at least 4 members (excludes halogenated alkanes) is 2. The van der Waals surface area contributed by atoms with Gasteiger partial charge in [0.05, 0.1) is 31.5 Å². The normalized spacial score (nSPS) is 12.0. The topological polar surface area (TPSA) is 112 Å². The van der Waals surface area contributed by atoms with E-state index in [-0.39, 0.29) is 24.3 Å². The molecule has 5 aromatic rings. The van der Waals surface area contributed by atoms with Crippen LogP contribution < -0.4 is 15.4 Å². The Morgan fingerprint density at radius 2 is 1.79 bits per heavy atom. The summed E-state index contributed by atoms with van der Waals surface area (Å²) in [4.78, 5) is 36.9. The van der Waals surface area contributed by atoms with Gasteiger partial charge in [-0.2, -0.15) is 0 Å². The second-order valence-electron chi connectivity index (χ2n) is 10.7. The number of aromatic amines is 2. The van der Waals surface area contributed by atoms with Crippen LogP contribution in [0.4, 0.5) is 0 Å². The van der Waals surface area contributed by atoms with Crippen LogP contribution in [0.5, 0.6) is 5.75 Å². The first-order chi connectivity index (χ1) is 20.4. The van der Waals surface area contributed by atoms with Crippen LogP contribution in [0.15, 0.2) is 66.9 Å². The van der Waals surface area contributed by atoms with Crippen LogP contribution in [-0.4, -0.2) is 40.4 Å². The summed E-state index contributed by atoms with van der Waals surface area (Å²) in [7, 11) is 1.64. The summed E-state index contributed by atoms with van der Waals surface area (Å²) in [5, 5.41) is 9.43. The van der Waals surface area contributed by atoms with Crippen molar-refractivity contribution in [3.8, 4) is 17.0 Å². The number of carbonyl (C=O) groups is 2. The van der Waals surface area contributed by atoms with E-state index in [1.54, 1.807) is 7.11 Å². The summed E-state index contributed by atoms with van der Waals surface area (Å²) in [6.07, 6.45) is 5.87. The Bertz CT molecular complexity index is 1690. The fraction of sp³-hybridized carbons (Fsp3) is 0.324. The molecule has 2 aromatic heterocycles. The molecule has 8 nitrogen and oxygen atoms in total. The maximum Gasteiger partial charge on any atom is 0.225 e. The highest BCUT2D eigenvalue weighted by atomic mass is 16.5. The molecule has 2 heterocycles. The summed E-state index contributed by atoms with van der Waals surface area (Å²) < 4.78 is 5.42. The van der Waals surface area contributed by atoms with Gasteiger partial charge in [0.15, 0.2) is 0 Å². The quantitative estimate of drug-likeness (QED) is 0.122. The van der Waals surface area contributed by atoms with Crippen LogP contribution in [-0.2, 0) is 16.0 Å². The zero-order valence-electron chi connectivity index (χ0n) is 24.5. The lowest BCUT2D eigenvalue weighted by molar-refractivity contribution is -0.121. The molecule has 0 saturated carbocycles. The molecule has 0 unspecified atom stereocenters. The van der Waals surface area contributed by atoms with Gasteiger partial charge in [-0.25, -0.2) is 4.98 Å². The zero-order chi connectivity index (χ0) is 29.5. The minimum absolute atomic E-state index is 0.0715. The van der Waals surface area contributed by atoms with E-state index in [4.69, 9.17) is 9.72 Å². The molecular weight excluding hydrogens is 526 g/mol. The number of fused-ring (bicyclic) bond motifs is 2. The van der Waals surface area contributed by atoms with Crippen molar-refractivity contribution >= 4 is 33.5 Å². The molecule has 0 spiro atoms. The van der Waals surface area contributed by atoms with E-state index >= 15 is 0 Å². The molecule has 3 aromatic carbocycles. The summed E-state index contributed by atoms with van der Waals surface area (Å²) in [6, 6.07) is 20.2. The average Bonchev–Trinajstić information content (AvgIpc) is 3.61. The number of imidazole rings is 1. The third kappa shape index (κ3) is 6.82. The Balaban J connectivity index is 1.32. The van der Waals surface area contributed by atoms with Crippen molar-refractivity contribution in [2.24, 2.45) is 0 Å². The highest BCUT2D eigenvalue weighted by Gasteiger charge is 2.20. The van der Waals surface area contributed by atoms with Gasteiger partial charge in [-0.15, -0.1) is 0 Å². The fourth-order valence-electron chi connectivity index (χ4n) is 5.51. The van der Waals surface area contributed by atoms with Gasteiger partial charge >= 0.3 is 0 Å². The number of ether oxygens (including phenoxy) is 1. The Morgan fingerprint density at radius 1 is 0.952 bits per heavy atom. The SMILES string of the molecule is CCNC(=O)CCCCC[C@H](NC(=O)Cc1c(C)[nH]c2ccc(OC)cc12)c1ncc(-c2ccc3ccccc3c2)[nH]1. The monoisotopic (exact) mass is 565 g/mol. The summed E-state index contributed by atoms with van der Waals surface area (Å²) in [5.74, 6) is 1.50. The van der Waals surface area contributed by atoms with Crippen LogP contribution in [0.25, 0.3) is 32.9 Å². The lowest BCUT2D eigenvalue weighted by Crippen LogP contribution is -2.30. The van der Waals surface area contributed by atoms with Gasteiger partial charge < -0.3 is 25.3 Å². The first kappa shape index (κ1) is 28.9. The van der Waals surface area contributed by atoms with Crippen molar-refractivity contribution in [1.82, 2.24) is 25.6 Å². The number of H-pyrrole nitrogens is 2. The van der Waals surface area contributed by atoms with Crippen LogP contribution in [0.3, 0.4) is 0 Å². The zero-order valence-corrected chi connectivity index (χ0v) is 24.5. The number of amides is 2. The Kier molecular flexibility index (Phi) is 9.21. The largest absolute Gasteiger partial charge is 0.497 e. The first-order valence-electron chi connectivity index (χ1n) is 14.7. The molecule has 0 bridgehead atoms. The molecule has 0 saturated heterocycles. The average molecular weight is 566 g/mol. The highest BCUT2D eigenvalue weighted by Crippen LogP contribution is 2.28. The number of rotatable bonds is 13. The third-order valence-electron chi connectivity index (χ3n) is 7.76. The molecule has 218 valence electrons. The molecular formula is C34H39N5O3. The Hall–Kier alpha value is -4.59. The minimum Gasteiger partial charge on any atom is -0.497 e. The van der Waals surface area contributed by atoms with Gasteiger partial charge in [-0.3, -0.25) is 9.59 Å². The van der Waals surface area contributed by atoms with Gasteiger partial charge in [0.25, 0.3) is 0 Å². The number of nitrogens with one attached hydrogen (secondary N) is 4. The summed E-state index contributed by atoms with van der Waals surface area (Å²) in [5.41, 5.74) is 4.85. The van der Waals surface area contributed by atoms with Crippen LogP contribution >= 0.6 is 0 Å². The van der Waals surface area contributed by atoms with Gasteiger partial charge in [0.2, 0.25) is 11.8 Å². The fourth-order valence-corrected chi connectivity index (χ4v) is 5.51. The number of hydrogen-bond donors (Lipinski definition) is 4. The number of nitrogens with zero attached hydrogens (tertiary/aromatic N) is 1. The number of hydrogen-bond acceptors (Lipinski definition) is 4. The van der Waals surface area contributed by atoms with Gasteiger partial charge in [0, 0.05) is 35.1 Å². The van der Waals surface area contributed by atoms with E-state index in [1.807, 2.05) is 50.4 Å².